The predicted octanol–water partition coefficient (Wildman–Crippen LogP) is 4.92. The highest BCUT2D eigenvalue weighted by molar-refractivity contribution is 7.89. The van der Waals surface area contributed by atoms with Crippen LogP contribution in [0.1, 0.15) is 30.1 Å². The third-order valence-corrected chi connectivity index (χ3v) is 7.97. The van der Waals surface area contributed by atoms with Gasteiger partial charge in [0, 0.05) is 35.8 Å². The number of amides is 2. The summed E-state index contributed by atoms with van der Waals surface area (Å²) in [6.07, 6.45) is -4.07. The maximum Gasteiger partial charge on any atom is 0.573 e. The summed E-state index contributed by atoms with van der Waals surface area (Å²) in [5, 5.41) is 6.34. The van der Waals surface area contributed by atoms with Gasteiger partial charge < -0.3 is 15.4 Å². The molecule has 1 heterocycles. The largest absolute Gasteiger partial charge is 0.573 e. The van der Waals surface area contributed by atoms with E-state index < -0.39 is 28.2 Å². The Morgan fingerprint density at radius 2 is 1.57 bits per heavy atom. The van der Waals surface area contributed by atoms with E-state index in [-0.39, 0.29) is 35.5 Å². The topological polar surface area (TPSA) is 105 Å². The Morgan fingerprint density at radius 3 is 2.19 bits per heavy atom. The van der Waals surface area contributed by atoms with Gasteiger partial charge in [-0.25, -0.2) is 13.2 Å². The number of nitrogens with one attached hydrogen (secondary N) is 2. The lowest BCUT2D eigenvalue weighted by Crippen LogP contribution is -2.47. The lowest BCUT2D eigenvalue weighted by atomic mass is 10.0. The molecule has 4 rings (SSSR count). The van der Waals surface area contributed by atoms with Crippen molar-refractivity contribution in [1.82, 2.24) is 9.62 Å². The molecule has 1 aliphatic rings. The van der Waals surface area contributed by atoms with Gasteiger partial charge in [0.2, 0.25) is 10.0 Å². The number of halogens is 3. The molecule has 196 valence electrons. The number of alkyl halides is 3. The highest BCUT2D eigenvalue weighted by Gasteiger charge is 2.32. The second-order valence-electron chi connectivity index (χ2n) is 8.56. The molecule has 0 bridgehead atoms. The van der Waals surface area contributed by atoms with Gasteiger partial charge in [0.1, 0.15) is 5.75 Å². The molecule has 2 N–H and O–H groups in total. The molecule has 0 spiro atoms. The van der Waals surface area contributed by atoms with Gasteiger partial charge in [-0.3, -0.25) is 4.79 Å². The molecular formula is C25H24F3N3O5S. The van der Waals surface area contributed by atoms with Gasteiger partial charge in [-0.1, -0.05) is 30.3 Å². The Labute approximate surface area is 211 Å². The number of sulfonamides is 1. The normalized spacial score (nSPS) is 15.4. The molecule has 1 saturated heterocycles. The number of hydrogen-bond donors (Lipinski definition) is 2. The van der Waals surface area contributed by atoms with E-state index >= 15 is 0 Å². The second-order valence-corrected chi connectivity index (χ2v) is 10.5. The van der Waals surface area contributed by atoms with Crippen LogP contribution in [0.25, 0.3) is 10.8 Å². The molecule has 1 fully saturated rings. The second kappa shape index (κ2) is 10.4. The van der Waals surface area contributed by atoms with Gasteiger partial charge in [0.05, 0.1) is 4.90 Å². The molecule has 0 saturated carbocycles. The van der Waals surface area contributed by atoms with E-state index in [1.165, 1.54) is 29.4 Å². The minimum Gasteiger partial charge on any atom is -0.406 e. The number of piperidine rings is 1. The summed E-state index contributed by atoms with van der Waals surface area (Å²) in [6, 6.07) is 13.7. The summed E-state index contributed by atoms with van der Waals surface area (Å²) in [7, 11) is -3.85. The minimum absolute atomic E-state index is 0.121. The molecule has 1 aliphatic heterocycles. The maximum absolute atomic E-state index is 13.4. The van der Waals surface area contributed by atoms with Gasteiger partial charge in [-0.2, -0.15) is 4.31 Å². The smallest absolute Gasteiger partial charge is 0.406 e. The van der Waals surface area contributed by atoms with Crippen LogP contribution in [0.4, 0.5) is 23.7 Å². The highest BCUT2D eigenvalue weighted by atomic mass is 32.2. The van der Waals surface area contributed by atoms with E-state index in [0.29, 0.717) is 29.2 Å². The number of ketones is 1. The number of carbonyl (C=O) groups is 2. The van der Waals surface area contributed by atoms with Crippen LogP contribution in [-0.4, -0.2) is 50.0 Å². The number of anilines is 1. The number of carbonyl (C=O) groups excluding carboxylic acids is 2. The van der Waals surface area contributed by atoms with Crippen molar-refractivity contribution in [3.63, 3.8) is 0 Å². The van der Waals surface area contributed by atoms with Crippen LogP contribution in [0.3, 0.4) is 0 Å². The highest BCUT2D eigenvalue weighted by Crippen LogP contribution is 2.30. The molecule has 3 aromatic rings. The number of rotatable bonds is 6. The molecular weight excluding hydrogens is 511 g/mol. The molecule has 37 heavy (non-hydrogen) atoms. The first kappa shape index (κ1) is 26.4. The first-order valence-corrected chi connectivity index (χ1v) is 12.8. The van der Waals surface area contributed by atoms with Crippen molar-refractivity contribution in [3.05, 3.63) is 66.2 Å². The van der Waals surface area contributed by atoms with Crippen LogP contribution < -0.4 is 15.4 Å². The molecule has 3 aromatic carbocycles. The van der Waals surface area contributed by atoms with Crippen LogP contribution >= 0.6 is 0 Å². The zero-order chi connectivity index (χ0) is 26.8. The van der Waals surface area contributed by atoms with Crippen molar-refractivity contribution >= 4 is 38.3 Å². The SMILES string of the molecule is CC(=O)c1cccc2c(S(=O)(=O)N3CCC(NC(=O)Nc4ccc(OC(F)(F)F)cc4)CC3)cccc12. The third kappa shape index (κ3) is 6.20. The van der Waals surface area contributed by atoms with Crippen LogP contribution in [-0.2, 0) is 10.0 Å². The minimum atomic E-state index is -4.81. The lowest BCUT2D eigenvalue weighted by molar-refractivity contribution is -0.274. The van der Waals surface area contributed by atoms with Crippen molar-refractivity contribution in [2.24, 2.45) is 0 Å². The molecule has 12 heteroatoms. The summed E-state index contributed by atoms with van der Waals surface area (Å²) < 4.78 is 68.8. The van der Waals surface area contributed by atoms with Crippen molar-refractivity contribution in [1.29, 1.82) is 0 Å². The molecule has 2 amide bonds. The van der Waals surface area contributed by atoms with Crippen molar-refractivity contribution in [2.75, 3.05) is 18.4 Å². The maximum atomic E-state index is 13.4. The number of benzene rings is 3. The van der Waals surface area contributed by atoms with E-state index in [2.05, 4.69) is 15.4 Å². The predicted molar refractivity (Wildman–Crippen MR) is 131 cm³/mol. The summed E-state index contributed by atoms with van der Waals surface area (Å²) in [6.45, 7) is 1.79. The number of hydrogen-bond acceptors (Lipinski definition) is 5. The van der Waals surface area contributed by atoms with Crippen molar-refractivity contribution < 1.29 is 35.9 Å². The Bertz CT molecular complexity index is 1420. The fraction of sp³-hybridized carbons (Fsp3) is 0.280. The Morgan fingerprint density at radius 1 is 0.946 bits per heavy atom. The number of nitrogens with zero attached hydrogens (tertiary/aromatic N) is 1. The zero-order valence-electron chi connectivity index (χ0n) is 19.7. The number of fused-ring (bicyclic) bond motifs is 1. The Balaban J connectivity index is 1.37. The van der Waals surface area contributed by atoms with E-state index in [1.807, 2.05) is 0 Å². The molecule has 0 aromatic heterocycles. The summed E-state index contributed by atoms with van der Waals surface area (Å²) in [5.74, 6) is -0.563. The summed E-state index contributed by atoms with van der Waals surface area (Å²) in [5.41, 5.74) is 0.721. The fourth-order valence-electron chi connectivity index (χ4n) is 4.29. The van der Waals surface area contributed by atoms with Crippen LogP contribution in [0.15, 0.2) is 65.6 Å². The van der Waals surface area contributed by atoms with Gasteiger partial charge in [0.15, 0.2) is 5.78 Å². The lowest BCUT2D eigenvalue weighted by Gasteiger charge is -2.32. The molecule has 0 radical (unpaired) electrons. The molecule has 8 nitrogen and oxygen atoms in total. The van der Waals surface area contributed by atoms with E-state index in [9.17, 15) is 31.2 Å². The fourth-order valence-corrected chi connectivity index (χ4v) is 5.96. The number of Topliss-reactive ketones (excluding diaryl/α,β-unsaturated/α-hetero) is 1. The van der Waals surface area contributed by atoms with Gasteiger partial charge in [-0.05, 0) is 55.5 Å². The summed E-state index contributed by atoms with van der Waals surface area (Å²) >= 11 is 0. The Hall–Kier alpha value is -3.64. The van der Waals surface area contributed by atoms with E-state index in [4.69, 9.17) is 0 Å². The molecule has 0 atom stereocenters. The third-order valence-electron chi connectivity index (χ3n) is 6.01. The van der Waals surface area contributed by atoms with Crippen LogP contribution in [0, 0.1) is 0 Å². The van der Waals surface area contributed by atoms with Crippen LogP contribution in [0.5, 0.6) is 5.75 Å². The monoisotopic (exact) mass is 535 g/mol. The average Bonchev–Trinajstić information content (AvgIpc) is 2.83. The van der Waals surface area contributed by atoms with Crippen molar-refractivity contribution in [2.45, 2.75) is 37.1 Å². The van der Waals surface area contributed by atoms with E-state index in [0.717, 1.165) is 12.1 Å². The molecule has 0 unspecified atom stereocenters. The summed E-state index contributed by atoms with van der Waals surface area (Å²) in [4.78, 5) is 24.4. The quantitative estimate of drug-likeness (QED) is 0.436. The number of urea groups is 1. The standard InChI is InChI=1S/C25H24F3N3O5S/c1-16(32)20-4-2-6-22-21(20)5-3-7-23(22)37(34,35)31-14-12-18(13-15-31)30-24(33)29-17-8-10-19(11-9-17)36-25(26,27)28/h2-11,18H,12-15H2,1H3,(H2,29,30,33). The molecule has 0 aliphatic carbocycles. The zero-order valence-corrected chi connectivity index (χ0v) is 20.5. The first-order chi connectivity index (χ1) is 17.4. The van der Waals surface area contributed by atoms with Crippen LogP contribution in [0.2, 0.25) is 0 Å². The van der Waals surface area contributed by atoms with Gasteiger partial charge in [0.25, 0.3) is 0 Å². The number of ether oxygens (including phenoxy) is 1. The first-order valence-electron chi connectivity index (χ1n) is 11.4. The van der Waals surface area contributed by atoms with E-state index in [1.54, 1.807) is 30.3 Å². The van der Waals surface area contributed by atoms with Crippen molar-refractivity contribution in [3.8, 4) is 5.75 Å². The van der Waals surface area contributed by atoms with Gasteiger partial charge >= 0.3 is 12.4 Å². The van der Waals surface area contributed by atoms with Gasteiger partial charge in [-0.15, -0.1) is 13.2 Å². The average molecular weight is 536 g/mol. The Kier molecular flexibility index (Phi) is 7.42.